The predicted octanol–water partition coefficient (Wildman–Crippen LogP) is 4.51. The van der Waals surface area contributed by atoms with Crippen LogP contribution in [-0.2, 0) is 25.7 Å². The lowest BCUT2D eigenvalue weighted by molar-refractivity contribution is 0.0551. The second-order valence-electron chi connectivity index (χ2n) is 9.26. The van der Waals surface area contributed by atoms with Crippen LogP contribution in [-0.4, -0.2) is 24.2 Å². The summed E-state index contributed by atoms with van der Waals surface area (Å²) in [5, 5.41) is 3.65. The van der Waals surface area contributed by atoms with Crippen molar-refractivity contribution in [1.29, 1.82) is 0 Å². The molecule has 4 unspecified atom stereocenters. The van der Waals surface area contributed by atoms with Crippen molar-refractivity contribution in [2.75, 3.05) is 13.2 Å². The predicted molar refractivity (Wildman–Crippen MR) is 110 cm³/mol. The van der Waals surface area contributed by atoms with Crippen LogP contribution in [0.15, 0.2) is 36.4 Å². The number of hydrogen-bond acceptors (Lipinski definition) is 2. The average molecular weight is 359 g/mol. The van der Waals surface area contributed by atoms with Crippen molar-refractivity contribution in [3.8, 4) is 0 Å². The second kappa shape index (κ2) is 6.46. The van der Waals surface area contributed by atoms with Gasteiger partial charge in [0.1, 0.15) is 0 Å². The van der Waals surface area contributed by atoms with E-state index in [2.05, 4.69) is 46.6 Å². The molecule has 4 atom stereocenters. The molecular weight excluding hydrogens is 328 g/mol. The molecule has 2 nitrogen and oxygen atoms in total. The van der Waals surface area contributed by atoms with Gasteiger partial charge in [0.25, 0.3) is 0 Å². The highest BCUT2D eigenvalue weighted by molar-refractivity contribution is 5.41. The average Bonchev–Trinajstić information content (AvgIpc) is 3.21. The van der Waals surface area contributed by atoms with Gasteiger partial charge in [0.2, 0.25) is 0 Å². The molecule has 7 rings (SSSR count). The molecule has 2 aliphatic carbocycles. The summed E-state index contributed by atoms with van der Waals surface area (Å²) in [4.78, 5) is 2.64. The minimum absolute atomic E-state index is 0.643. The van der Waals surface area contributed by atoms with Gasteiger partial charge in [0.15, 0.2) is 0 Å². The molecule has 0 amide bonds. The Morgan fingerprint density at radius 1 is 0.815 bits per heavy atom. The molecule has 1 N–H and O–H groups in total. The topological polar surface area (TPSA) is 15.3 Å². The van der Waals surface area contributed by atoms with Crippen LogP contribution in [0.4, 0.5) is 0 Å². The third-order valence-corrected chi connectivity index (χ3v) is 7.73. The van der Waals surface area contributed by atoms with Crippen LogP contribution in [0.5, 0.6) is 0 Å². The van der Waals surface area contributed by atoms with Crippen molar-refractivity contribution in [1.82, 2.24) is 10.2 Å². The number of nitrogens with one attached hydrogen (secondary N) is 1. The fourth-order valence-electron chi connectivity index (χ4n) is 6.09. The summed E-state index contributed by atoms with van der Waals surface area (Å²) in [5.41, 5.74) is 9.61. The molecule has 0 aromatic heterocycles. The monoisotopic (exact) mass is 358 g/mol. The number of fused-ring (bicyclic) bond motifs is 5. The summed E-state index contributed by atoms with van der Waals surface area (Å²) in [6.45, 7) is 2.34. The third-order valence-electron chi connectivity index (χ3n) is 7.73. The van der Waals surface area contributed by atoms with E-state index in [1.165, 1.54) is 57.9 Å². The first-order valence-corrected chi connectivity index (χ1v) is 11.0. The van der Waals surface area contributed by atoms with Crippen LogP contribution in [0.25, 0.3) is 0 Å². The zero-order valence-corrected chi connectivity index (χ0v) is 16.2. The highest BCUT2D eigenvalue weighted by atomic mass is 15.3. The summed E-state index contributed by atoms with van der Waals surface area (Å²) in [6.07, 6.45) is 10.3. The molecule has 2 aromatic carbocycles. The molecule has 3 fully saturated rings. The van der Waals surface area contributed by atoms with Gasteiger partial charge < -0.3 is 5.32 Å². The van der Waals surface area contributed by atoms with Crippen LogP contribution >= 0.6 is 0 Å². The molecule has 0 saturated carbocycles. The molecule has 0 radical (unpaired) electrons. The molecular formula is C25H30N2. The van der Waals surface area contributed by atoms with Gasteiger partial charge in [-0.2, -0.15) is 0 Å². The van der Waals surface area contributed by atoms with Crippen molar-refractivity contribution >= 4 is 0 Å². The number of rotatable bonds is 2. The summed E-state index contributed by atoms with van der Waals surface area (Å²) in [5.74, 6) is 0.716. The van der Waals surface area contributed by atoms with Crippen molar-refractivity contribution in [3.63, 3.8) is 0 Å². The van der Waals surface area contributed by atoms with Crippen molar-refractivity contribution in [3.05, 3.63) is 69.8 Å². The number of nitrogens with zero attached hydrogens (tertiary/aromatic N) is 1. The van der Waals surface area contributed by atoms with Crippen LogP contribution < -0.4 is 5.32 Å². The van der Waals surface area contributed by atoms with E-state index >= 15 is 0 Å². The normalized spacial score (nSPS) is 31.6. The lowest BCUT2D eigenvalue weighted by Gasteiger charge is -2.46. The van der Waals surface area contributed by atoms with E-state index in [0.717, 1.165) is 12.7 Å². The summed E-state index contributed by atoms with van der Waals surface area (Å²) in [7, 11) is 0. The van der Waals surface area contributed by atoms with E-state index in [0.29, 0.717) is 12.0 Å². The fraction of sp³-hybridized carbons (Fsp3) is 0.520. The lowest BCUT2D eigenvalue weighted by atomic mass is 9.78. The Kier molecular flexibility index (Phi) is 3.91. The third kappa shape index (κ3) is 2.85. The smallest absolute Gasteiger partial charge is 0.0488 e. The van der Waals surface area contributed by atoms with Crippen molar-refractivity contribution < 1.29 is 0 Å². The molecule has 27 heavy (non-hydrogen) atoms. The molecule has 2 bridgehead atoms. The van der Waals surface area contributed by atoms with E-state index in [9.17, 15) is 0 Å². The minimum atomic E-state index is 0.643. The molecule has 2 heteroatoms. The van der Waals surface area contributed by atoms with E-state index in [4.69, 9.17) is 0 Å². The van der Waals surface area contributed by atoms with E-state index in [1.807, 2.05) is 0 Å². The molecule has 5 aliphatic rings. The lowest BCUT2D eigenvalue weighted by Crippen LogP contribution is -2.55. The second-order valence-corrected chi connectivity index (χ2v) is 9.26. The Morgan fingerprint density at radius 2 is 1.63 bits per heavy atom. The van der Waals surface area contributed by atoms with Gasteiger partial charge in [0.05, 0.1) is 0 Å². The highest BCUT2D eigenvalue weighted by Crippen LogP contribution is 2.38. The number of benzene rings is 2. The van der Waals surface area contributed by atoms with Gasteiger partial charge in [-0.15, -0.1) is 0 Å². The first-order chi connectivity index (χ1) is 13.3. The maximum absolute atomic E-state index is 3.65. The summed E-state index contributed by atoms with van der Waals surface area (Å²) in [6, 6.07) is 16.2. The van der Waals surface area contributed by atoms with Crippen LogP contribution in [0.3, 0.4) is 0 Å². The van der Waals surface area contributed by atoms with Crippen LogP contribution in [0.1, 0.15) is 71.0 Å². The SMILES string of the molecule is c1cc2c(cc1C1CCc3cc(C4CC5CCN4CN5)ccc3C1)CCC2. The quantitative estimate of drug-likeness (QED) is 0.849. The van der Waals surface area contributed by atoms with Gasteiger partial charge >= 0.3 is 0 Å². The maximum atomic E-state index is 3.65. The highest BCUT2D eigenvalue weighted by Gasteiger charge is 2.34. The Morgan fingerprint density at radius 3 is 2.48 bits per heavy atom. The summed E-state index contributed by atoms with van der Waals surface area (Å²) < 4.78 is 0. The maximum Gasteiger partial charge on any atom is 0.0488 e. The molecule has 3 saturated heterocycles. The zero-order valence-electron chi connectivity index (χ0n) is 16.2. The zero-order chi connectivity index (χ0) is 17.8. The largest absolute Gasteiger partial charge is 0.301 e. The van der Waals surface area contributed by atoms with E-state index in [-0.39, 0.29) is 0 Å². The molecule has 2 aromatic rings. The Bertz CT molecular complexity index is 863. The Hall–Kier alpha value is -1.64. The van der Waals surface area contributed by atoms with Crippen LogP contribution in [0.2, 0.25) is 0 Å². The van der Waals surface area contributed by atoms with Gasteiger partial charge in [-0.3, -0.25) is 4.90 Å². The van der Waals surface area contributed by atoms with Crippen LogP contribution in [0, 0.1) is 0 Å². The first-order valence-electron chi connectivity index (χ1n) is 11.0. The Labute approximate surface area is 163 Å². The first kappa shape index (κ1) is 16.3. The summed E-state index contributed by atoms with van der Waals surface area (Å²) >= 11 is 0. The number of hydrogen-bond donors (Lipinski definition) is 1. The van der Waals surface area contributed by atoms with Gasteiger partial charge in [-0.25, -0.2) is 0 Å². The van der Waals surface area contributed by atoms with E-state index < -0.39 is 0 Å². The minimum Gasteiger partial charge on any atom is -0.301 e. The van der Waals surface area contributed by atoms with Crippen molar-refractivity contribution in [2.45, 2.75) is 69.4 Å². The molecule has 3 heterocycles. The van der Waals surface area contributed by atoms with Gasteiger partial charge in [0, 0.05) is 25.3 Å². The van der Waals surface area contributed by atoms with Gasteiger partial charge in [-0.1, -0.05) is 36.4 Å². The van der Waals surface area contributed by atoms with E-state index in [1.54, 1.807) is 33.4 Å². The number of piperidine rings is 1. The fourth-order valence-corrected chi connectivity index (χ4v) is 6.09. The standard InChI is InChI=1S/C25H30N2/c1-2-17-4-5-19(12-18(17)3-1)20-6-7-22-14-23(9-8-21(22)13-20)25-15-24-10-11-27(25)16-26-24/h4-5,8-9,12,14,20,24-26H,1-3,6-7,10-11,13,15-16H2. The molecule has 140 valence electrons. The Balaban J connectivity index is 1.23. The van der Waals surface area contributed by atoms with Crippen molar-refractivity contribution in [2.24, 2.45) is 0 Å². The number of aryl methyl sites for hydroxylation is 3. The van der Waals surface area contributed by atoms with Gasteiger partial charge in [-0.05, 0) is 90.7 Å². The molecule has 0 spiro atoms. The molecule has 3 aliphatic heterocycles.